The quantitative estimate of drug-likeness (QED) is 0.334. The Morgan fingerprint density at radius 3 is 2.61 bits per heavy atom. The molecule has 0 spiro atoms. The van der Waals surface area contributed by atoms with Crippen LogP contribution in [-0.2, 0) is 9.30 Å². The molecule has 1 aliphatic heterocycles. The highest BCUT2D eigenvalue weighted by Crippen LogP contribution is 2.37. The molecule has 23 heavy (non-hydrogen) atoms. The van der Waals surface area contributed by atoms with Crippen LogP contribution < -0.4 is 5.09 Å². The summed E-state index contributed by atoms with van der Waals surface area (Å²) in [6.07, 6.45) is -2.38. The summed E-state index contributed by atoms with van der Waals surface area (Å²) in [5, 5.41) is 30.8. The molecule has 3 rings (SSSR count). The topological polar surface area (TPSA) is 183 Å². The Labute approximate surface area is 128 Å². The van der Waals surface area contributed by atoms with Crippen LogP contribution in [0.3, 0.4) is 0 Å². The van der Waals surface area contributed by atoms with Crippen molar-refractivity contribution in [2.75, 3.05) is 11.7 Å². The molecule has 0 bridgehead atoms. The third-order valence-electron chi connectivity index (χ3n) is 3.40. The van der Waals surface area contributed by atoms with Crippen LogP contribution in [0.15, 0.2) is 12.7 Å². The highest BCUT2D eigenvalue weighted by atomic mass is 31.2. The third-order valence-corrected chi connectivity index (χ3v) is 3.90. The molecule has 12 nitrogen and oxygen atoms in total. The first-order valence-electron chi connectivity index (χ1n) is 6.45. The Hall–Kier alpha value is -1.66. The zero-order valence-electron chi connectivity index (χ0n) is 11.5. The molecule has 6 N–H and O–H groups in total. The predicted octanol–water partition coefficient (Wildman–Crippen LogP) is -2.06. The second-order valence-corrected chi connectivity index (χ2v) is 6.24. The number of anilines is 1. The van der Waals surface area contributed by atoms with Crippen molar-refractivity contribution in [3.8, 4) is 0 Å². The lowest BCUT2D eigenvalue weighted by Gasteiger charge is -2.16. The number of fused-ring (bicyclic) bond motifs is 1. The van der Waals surface area contributed by atoms with Gasteiger partial charge in [-0.1, -0.05) is 0 Å². The first kappa shape index (κ1) is 16.2. The molecule has 1 aliphatic rings. The summed E-state index contributed by atoms with van der Waals surface area (Å²) in [7, 11) is -4.59. The fourth-order valence-electron chi connectivity index (χ4n) is 2.37. The van der Waals surface area contributed by atoms with Crippen LogP contribution in [0.5, 0.6) is 0 Å². The number of hydrogen-bond donors (Lipinski definition) is 6. The standard InChI is InChI=1S/C10H14N5O7P/c16-1-4-6(17)7(18)10(22-4)15-3-13-5-8(14-23(19,20)21)11-2-12-9(5)15/h2-4,6-7,10,16-18H,1H2,(H3,11,12,14,19,20,21)/t4-,6-,7-,10-/m1/s1. The lowest BCUT2D eigenvalue weighted by atomic mass is 10.1. The minimum atomic E-state index is -4.59. The van der Waals surface area contributed by atoms with Crippen molar-refractivity contribution in [2.45, 2.75) is 24.5 Å². The molecular weight excluding hydrogens is 333 g/mol. The van der Waals surface area contributed by atoms with Gasteiger partial charge in [0.2, 0.25) is 0 Å². The highest BCUT2D eigenvalue weighted by molar-refractivity contribution is 7.53. The Morgan fingerprint density at radius 1 is 1.26 bits per heavy atom. The number of ether oxygens (including phenoxy) is 1. The fraction of sp³-hybridized carbons (Fsp3) is 0.500. The lowest BCUT2D eigenvalue weighted by molar-refractivity contribution is -0.0511. The first-order chi connectivity index (χ1) is 10.8. The van der Waals surface area contributed by atoms with Crippen LogP contribution in [-0.4, -0.2) is 69.5 Å². The molecule has 3 heterocycles. The molecule has 0 radical (unpaired) electrons. The average molecular weight is 347 g/mol. The van der Waals surface area contributed by atoms with Gasteiger partial charge in [-0.15, -0.1) is 0 Å². The lowest BCUT2D eigenvalue weighted by Crippen LogP contribution is -2.33. The van der Waals surface area contributed by atoms with E-state index in [0.29, 0.717) is 0 Å². The fourth-order valence-corrected chi connectivity index (χ4v) is 2.81. The maximum atomic E-state index is 11.0. The van der Waals surface area contributed by atoms with Crippen LogP contribution >= 0.6 is 7.75 Å². The van der Waals surface area contributed by atoms with E-state index >= 15 is 0 Å². The predicted molar refractivity (Wildman–Crippen MR) is 74.0 cm³/mol. The summed E-state index contributed by atoms with van der Waals surface area (Å²) in [6.45, 7) is -0.485. The van der Waals surface area contributed by atoms with Gasteiger partial charge in [0.15, 0.2) is 23.2 Å². The number of rotatable bonds is 4. The van der Waals surface area contributed by atoms with Crippen molar-refractivity contribution < 1.29 is 34.4 Å². The van der Waals surface area contributed by atoms with E-state index in [-0.39, 0.29) is 17.0 Å². The number of nitrogens with one attached hydrogen (secondary N) is 1. The molecular formula is C10H14N5O7P. The number of aliphatic hydroxyl groups is 3. The van der Waals surface area contributed by atoms with Gasteiger partial charge in [-0.25, -0.2) is 19.5 Å². The second-order valence-electron chi connectivity index (χ2n) is 4.93. The summed E-state index contributed by atoms with van der Waals surface area (Å²) >= 11 is 0. The number of hydrogen-bond acceptors (Lipinski definition) is 8. The molecule has 2 aromatic rings. The normalized spacial score (nSPS) is 28.4. The van der Waals surface area contributed by atoms with Crippen LogP contribution in [0.2, 0.25) is 0 Å². The zero-order chi connectivity index (χ0) is 16.8. The van der Waals surface area contributed by atoms with Gasteiger partial charge in [-0.2, -0.15) is 0 Å². The Kier molecular flexibility index (Phi) is 4.06. The summed E-state index contributed by atoms with van der Waals surface area (Å²) < 4.78 is 17.7. The molecule has 2 aromatic heterocycles. The molecule has 1 fully saturated rings. The summed E-state index contributed by atoms with van der Waals surface area (Å²) in [5.74, 6) is -0.186. The van der Waals surface area contributed by atoms with E-state index in [0.717, 1.165) is 6.33 Å². The van der Waals surface area contributed by atoms with Crippen LogP contribution in [0.4, 0.5) is 5.82 Å². The number of aliphatic hydroxyl groups excluding tert-OH is 3. The van der Waals surface area contributed by atoms with Gasteiger partial charge < -0.3 is 29.8 Å². The van der Waals surface area contributed by atoms with E-state index in [1.165, 1.54) is 10.9 Å². The van der Waals surface area contributed by atoms with Crippen LogP contribution in [0, 0.1) is 0 Å². The summed E-state index contributed by atoms with van der Waals surface area (Å²) in [6, 6.07) is 0. The second kappa shape index (κ2) is 5.76. The van der Waals surface area contributed by atoms with Gasteiger partial charge in [0.25, 0.3) is 0 Å². The SMILES string of the molecule is O=P(O)(O)Nc1ncnc2c1ncn2[C@@H]1O[C@H](CO)[C@@H](O)[C@H]1O. The molecule has 0 unspecified atom stereocenters. The van der Waals surface area contributed by atoms with Crippen molar-refractivity contribution in [1.29, 1.82) is 0 Å². The van der Waals surface area contributed by atoms with Crippen molar-refractivity contribution in [2.24, 2.45) is 0 Å². The molecule has 1 saturated heterocycles. The number of imidazole rings is 1. The van der Waals surface area contributed by atoms with Crippen molar-refractivity contribution in [3.63, 3.8) is 0 Å². The third kappa shape index (κ3) is 2.93. The van der Waals surface area contributed by atoms with E-state index in [4.69, 9.17) is 19.6 Å². The minimum Gasteiger partial charge on any atom is -0.394 e. The molecule has 13 heteroatoms. The Bertz CT molecular complexity index is 763. The molecule has 126 valence electrons. The summed E-state index contributed by atoms with van der Waals surface area (Å²) in [5.41, 5.74) is 0.180. The van der Waals surface area contributed by atoms with E-state index in [1.54, 1.807) is 0 Å². The van der Waals surface area contributed by atoms with Gasteiger partial charge >= 0.3 is 7.75 Å². The molecule has 0 aliphatic carbocycles. The largest absolute Gasteiger partial charge is 0.428 e. The van der Waals surface area contributed by atoms with Crippen LogP contribution in [0.1, 0.15) is 6.23 Å². The Balaban J connectivity index is 2.01. The maximum Gasteiger partial charge on any atom is 0.428 e. The highest BCUT2D eigenvalue weighted by Gasteiger charge is 2.44. The molecule has 0 aromatic carbocycles. The monoisotopic (exact) mass is 347 g/mol. The van der Waals surface area contributed by atoms with E-state index in [9.17, 15) is 14.8 Å². The first-order valence-corrected chi connectivity index (χ1v) is 8.07. The Morgan fingerprint density at radius 2 is 2.00 bits per heavy atom. The zero-order valence-corrected chi connectivity index (χ0v) is 12.4. The average Bonchev–Trinajstić information content (AvgIpc) is 3.01. The van der Waals surface area contributed by atoms with Crippen molar-refractivity contribution >= 4 is 24.7 Å². The van der Waals surface area contributed by atoms with Crippen molar-refractivity contribution in [3.05, 3.63) is 12.7 Å². The van der Waals surface area contributed by atoms with Crippen molar-refractivity contribution in [1.82, 2.24) is 19.5 Å². The van der Waals surface area contributed by atoms with E-state index in [2.05, 4.69) is 15.0 Å². The number of nitrogens with zero attached hydrogens (tertiary/aromatic N) is 4. The van der Waals surface area contributed by atoms with Gasteiger partial charge in [-0.3, -0.25) is 9.65 Å². The molecule has 0 amide bonds. The minimum absolute atomic E-state index is 0.0496. The maximum absolute atomic E-state index is 11.0. The van der Waals surface area contributed by atoms with E-state index in [1.807, 2.05) is 5.09 Å². The van der Waals surface area contributed by atoms with Crippen LogP contribution in [0.25, 0.3) is 11.2 Å². The smallest absolute Gasteiger partial charge is 0.394 e. The summed E-state index contributed by atoms with van der Waals surface area (Å²) in [4.78, 5) is 29.6. The molecule has 4 atom stereocenters. The van der Waals surface area contributed by atoms with Gasteiger partial charge in [0, 0.05) is 0 Å². The molecule has 0 saturated carbocycles. The van der Waals surface area contributed by atoms with Gasteiger partial charge in [0.05, 0.1) is 12.9 Å². The van der Waals surface area contributed by atoms with Gasteiger partial charge in [-0.05, 0) is 0 Å². The van der Waals surface area contributed by atoms with E-state index < -0.39 is 38.9 Å². The number of aromatic nitrogens is 4. The van der Waals surface area contributed by atoms with Gasteiger partial charge in [0.1, 0.15) is 24.6 Å².